The van der Waals surface area contributed by atoms with E-state index in [2.05, 4.69) is 0 Å². The maximum Gasteiger partial charge on any atom is 0.410 e. The molecule has 0 aliphatic rings. The zero-order valence-electron chi connectivity index (χ0n) is 10.3. The third kappa shape index (κ3) is 6.94. The van der Waals surface area contributed by atoms with Gasteiger partial charge in [-0.2, -0.15) is 0 Å². The van der Waals surface area contributed by atoms with Gasteiger partial charge in [-0.15, -0.1) is 0 Å². The Morgan fingerprint density at radius 2 is 1.80 bits per heavy atom. The highest BCUT2D eigenvalue weighted by Crippen LogP contribution is 2.09. The van der Waals surface area contributed by atoms with Crippen molar-refractivity contribution >= 4 is 11.9 Å². The Kier molecular flexibility index (Phi) is 5.33. The molecule has 0 bridgehead atoms. The molecular weight excluding hydrogens is 194 g/mol. The number of hydrogen-bond acceptors (Lipinski definition) is 3. The van der Waals surface area contributed by atoms with Gasteiger partial charge >= 0.3 is 6.09 Å². The second kappa shape index (κ2) is 5.73. The van der Waals surface area contributed by atoms with Crippen molar-refractivity contribution in [2.75, 3.05) is 13.6 Å². The van der Waals surface area contributed by atoms with E-state index in [-0.39, 0.29) is 11.9 Å². The molecule has 0 heterocycles. The zero-order chi connectivity index (χ0) is 12.1. The zero-order valence-corrected chi connectivity index (χ0v) is 10.3. The van der Waals surface area contributed by atoms with Gasteiger partial charge in [0.1, 0.15) is 11.4 Å². The molecule has 0 rings (SSSR count). The second-order valence-corrected chi connectivity index (χ2v) is 4.54. The van der Waals surface area contributed by atoms with Crippen LogP contribution in [0.15, 0.2) is 0 Å². The standard InChI is InChI=1S/C11H21NO3/c1-6-9(13)7-8-12(5)10(14)15-11(2,3)4/h6-8H2,1-5H3. The van der Waals surface area contributed by atoms with Gasteiger partial charge in [0, 0.05) is 26.4 Å². The van der Waals surface area contributed by atoms with Gasteiger partial charge in [-0.25, -0.2) is 4.79 Å². The number of carbonyl (C=O) groups excluding carboxylic acids is 2. The number of ketones is 1. The summed E-state index contributed by atoms with van der Waals surface area (Å²) < 4.78 is 5.14. The van der Waals surface area contributed by atoms with Gasteiger partial charge in [-0.3, -0.25) is 4.79 Å². The summed E-state index contributed by atoms with van der Waals surface area (Å²) in [5.41, 5.74) is -0.486. The summed E-state index contributed by atoms with van der Waals surface area (Å²) in [7, 11) is 1.64. The Bertz CT molecular complexity index is 230. The first kappa shape index (κ1) is 13.9. The Morgan fingerprint density at radius 1 is 1.27 bits per heavy atom. The number of ether oxygens (including phenoxy) is 1. The van der Waals surface area contributed by atoms with Crippen LogP contribution in [0.3, 0.4) is 0 Å². The van der Waals surface area contributed by atoms with Gasteiger partial charge in [0.25, 0.3) is 0 Å². The fourth-order valence-corrected chi connectivity index (χ4v) is 0.900. The van der Waals surface area contributed by atoms with Gasteiger partial charge in [0.15, 0.2) is 0 Å². The largest absolute Gasteiger partial charge is 0.444 e. The molecule has 0 atom stereocenters. The Labute approximate surface area is 91.6 Å². The van der Waals surface area contributed by atoms with E-state index in [4.69, 9.17) is 4.74 Å². The van der Waals surface area contributed by atoms with Crippen molar-refractivity contribution in [3.8, 4) is 0 Å². The van der Waals surface area contributed by atoms with E-state index in [9.17, 15) is 9.59 Å². The Balaban J connectivity index is 3.95. The van der Waals surface area contributed by atoms with Crippen LogP contribution >= 0.6 is 0 Å². The summed E-state index contributed by atoms with van der Waals surface area (Å²) in [4.78, 5) is 23.9. The third-order valence-corrected chi connectivity index (χ3v) is 1.83. The highest BCUT2D eigenvalue weighted by atomic mass is 16.6. The molecule has 0 unspecified atom stereocenters. The number of nitrogens with zero attached hydrogens (tertiary/aromatic N) is 1. The lowest BCUT2D eigenvalue weighted by Gasteiger charge is -2.24. The number of carbonyl (C=O) groups is 2. The molecule has 0 N–H and O–H groups in total. The number of rotatable bonds is 4. The number of Topliss-reactive ketones (excluding diaryl/α,β-unsaturated/α-hetero) is 1. The minimum Gasteiger partial charge on any atom is -0.444 e. The van der Waals surface area contributed by atoms with Gasteiger partial charge in [0.2, 0.25) is 0 Å². The van der Waals surface area contributed by atoms with Crippen molar-refractivity contribution < 1.29 is 14.3 Å². The minimum atomic E-state index is -0.486. The fraction of sp³-hybridized carbons (Fsp3) is 0.818. The molecule has 15 heavy (non-hydrogen) atoms. The molecule has 0 saturated heterocycles. The van der Waals surface area contributed by atoms with E-state index in [1.165, 1.54) is 4.90 Å². The predicted octanol–water partition coefficient (Wildman–Crippen LogP) is 2.22. The molecule has 88 valence electrons. The summed E-state index contributed by atoms with van der Waals surface area (Å²) >= 11 is 0. The molecule has 0 radical (unpaired) electrons. The highest BCUT2D eigenvalue weighted by molar-refractivity contribution is 5.78. The Hall–Kier alpha value is -1.06. The monoisotopic (exact) mass is 215 g/mol. The average molecular weight is 215 g/mol. The van der Waals surface area contributed by atoms with Crippen LogP contribution in [0.5, 0.6) is 0 Å². The minimum absolute atomic E-state index is 0.158. The van der Waals surface area contributed by atoms with Crippen LogP contribution in [-0.2, 0) is 9.53 Å². The molecule has 0 aromatic heterocycles. The lowest BCUT2D eigenvalue weighted by Crippen LogP contribution is -2.35. The first-order chi connectivity index (χ1) is 6.76. The maximum absolute atomic E-state index is 11.5. The fourth-order valence-electron chi connectivity index (χ4n) is 0.900. The van der Waals surface area contributed by atoms with Crippen molar-refractivity contribution in [3.63, 3.8) is 0 Å². The van der Waals surface area contributed by atoms with E-state index in [0.29, 0.717) is 19.4 Å². The van der Waals surface area contributed by atoms with Gasteiger partial charge in [-0.05, 0) is 20.8 Å². The van der Waals surface area contributed by atoms with Gasteiger partial charge in [0.05, 0.1) is 0 Å². The van der Waals surface area contributed by atoms with Crippen molar-refractivity contribution in [3.05, 3.63) is 0 Å². The number of hydrogen-bond donors (Lipinski definition) is 0. The molecule has 1 amide bonds. The molecule has 0 aliphatic carbocycles. The molecular formula is C11H21NO3. The molecule has 4 nitrogen and oxygen atoms in total. The van der Waals surface area contributed by atoms with E-state index < -0.39 is 5.60 Å². The molecule has 0 aromatic carbocycles. The normalized spacial score (nSPS) is 11.0. The van der Waals surface area contributed by atoms with Crippen LogP contribution in [0, 0.1) is 0 Å². The first-order valence-electron chi connectivity index (χ1n) is 5.22. The predicted molar refractivity (Wildman–Crippen MR) is 58.8 cm³/mol. The van der Waals surface area contributed by atoms with E-state index >= 15 is 0 Å². The summed E-state index contributed by atoms with van der Waals surface area (Å²) in [6, 6.07) is 0. The van der Waals surface area contributed by atoms with Crippen molar-refractivity contribution in [1.82, 2.24) is 4.90 Å². The number of amides is 1. The SMILES string of the molecule is CCC(=O)CCN(C)C(=O)OC(C)(C)C. The molecule has 0 fully saturated rings. The summed E-state index contributed by atoms with van der Waals surface area (Å²) in [6.07, 6.45) is 0.528. The van der Waals surface area contributed by atoms with Crippen molar-refractivity contribution in [2.45, 2.75) is 46.1 Å². The first-order valence-corrected chi connectivity index (χ1v) is 5.22. The topological polar surface area (TPSA) is 46.6 Å². The quantitative estimate of drug-likeness (QED) is 0.722. The van der Waals surface area contributed by atoms with Crippen LogP contribution in [-0.4, -0.2) is 36.0 Å². The van der Waals surface area contributed by atoms with Gasteiger partial charge < -0.3 is 9.64 Å². The molecule has 0 aliphatic heterocycles. The van der Waals surface area contributed by atoms with Crippen LogP contribution in [0.2, 0.25) is 0 Å². The van der Waals surface area contributed by atoms with Crippen molar-refractivity contribution in [2.24, 2.45) is 0 Å². The second-order valence-electron chi connectivity index (χ2n) is 4.54. The lowest BCUT2D eigenvalue weighted by molar-refractivity contribution is -0.118. The summed E-state index contributed by atoms with van der Waals surface area (Å²) in [5, 5.41) is 0. The van der Waals surface area contributed by atoms with E-state index in [0.717, 1.165) is 0 Å². The molecule has 0 aromatic rings. The average Bonchev–Trinajstić information content (AvgIpc) is 2.10. The van der Waals surface area contributed by atoms with Crippen LogP contribution in [0.4, 0.5) is 4.79 Å². The van der Waals surface area contributed by atoms with Crippen LogP contribution < -0.4 is 0 Å². The van der Waals surface area contributed by atoms with E-state index in [1.807, 2.05) is 27.7 Å². The van der Waals surface area contributed by atoms with Gasteiger partial charge in [-0.1, -0.05) is 6.92 Å². The highest BCUT2D eigenvalue weighted by Gasteiger charge is 2.19. The summed E-state index contributed by atoms with van der Waals surface area (Å²) in [5.74, 6) is 0.158. The summed E-state index contributed by atoms with van der Waals surface area (Å²) in [6.45, 7) is 7.68. The molecule has 0 spiro atoms. The lowest BCUT2D eigenvalue weighted by atomic mass is 10.2. The Morgan fingerprint density at radius 3 is 2.20 bits per heavy atom. The van der Waals surface area contributed by atoms with Crippen LogP contribution in [0.25, 0.3) is 0 Å². The van der Waals surface area contributed by atoms with Crippen LogP contribution in [0.1, 0.15) is 40.5 Å². The molecule has 0 saturated carbocycles. The smallest absolute Gasteiger partial charge is 0.410 e. The maximum atomic E-state index is 11.5. The molecule has 4 heteroatoms. The van der Waals surface area contributed by atoms with E-state index in [1.54, 1.807) is 7.05 Å². The van der Waals surface area contributed by atoms with Crippen molar-refractivity contribution in [1.29, 1.82) is 0 Å². The third-order valence-electron chi connectivity index (χ3n) is 1.83.